The molecule has 2 heterocycles. The Kier molecular flexibility index (Phi) is 4.87. The third kappa shape index (κ3) is 4.09. The molecule has 130 valence electrons. The summed E-state index contributed by atoms with van der Waals surface area (Å²) in [5.74, 6) is -0.648. The van der Waals surface area contributed by atoms with E-state index in [1.807, 2.05) is 0 Å². The molecule has 1 aliphatic rings. The lowest BCUT2D eigenvalue weighted by atomic mass is 10.1. The number of hydrogen-bond acceptors (Lipinski definition) is 5. The zero-order chi connectivity index (χ0) is 17.8. The van der Waals surface area contributed by atoms with Gasteiger partial charge in [0, 0.05) is 30.7 Å². The lowest BCUT2D eigenvalue weighted by Gasteiger charge is -2.17. The van der Waals surface area contributed by atoms with Crippen LogP contribution in [-0.2, 0) is 11.2 Å². The summed E-state index contributed by atoms with van der Waals surface area (Å²) >= 11 is 0. The molecule has 3 rings (SSSR count). The quantitative estimate of drug-likeness (QED) is 0.472. The van der Waals surface area contributed by atoms with Crippen molar-refractivity contribution in [2.24, 2.45) is 0 Å². The standard InChI is InChI=1S/C17H16FN3O4/c18-15-6-3-7-16(19-15)25-13-8-9-20(11-13)17(22)10-12-4-1-2-5-14(12)21(23)24/h1-7,13H,8-11H2. The summed E-state index contributed by atoms with van der Waals surface area (Å²) < 4.78 is 18.7. The van der Waals surface area contributed by atoms with Gasteiger partial charge in [0.05, 0.1) is 17.9 Å². The number of amides is 1. The van der Waals surface area contributed by atoms with Gasteiger partial charge in [-0.15, -0.1) is 0 Å². The molecule has 1 fully saturated rings. The normalized spacial score (nSPS) is 16.7. The van der Waals surface area contributed by atoms with Gasteiger partial charge in [0.25, 0.3) is 5.69 Å². The molecule has 0 aliphatic carbocycles. The molecule has 2 aromatic rings. The molecule has 1 unspecified atom stereocenters. The molecule has 0 saturated carbocycles. The Hall–Kier alpha value is -3.03. The number of carbonyl (C=O) groups is 1. The van der Waals surface area contributed by atoms with Crippen molar-refractivity contribution in [2.45, 2.75) is 18.9 Å². The second-order valence-electron chi connectivity index (χ2n) is 5.73. The molecule has 0 radical (unpaired) electrons. The van der Waals surface area contributed by atoms with Crippen LogP contribution in [-0.4, -0.2) is 39.9 Å². The van der Waals surface area contributed by atoms with Crippen molar-refractivity contribution in [1.29, 1.82) is 0 Å². The van der Waals surface area contributed by atoms with E-state index in [1.54, 1.807) is 29.2 Å². The first kappa shape index (κ1) is 16.8. The largest absolute Gasteiger partial charge is 0.472 e. The van der Waals surface area contributed by atoms with Crippen LogP contribution in [0.2, 0.25) is 0 Å². The van der Waals surface area contributed by atoms with Gasteiger partial charge in [-0.3, -0.25) is 14.9 Å². The molecule has 0 N–H and O–H groups in total. The number of nitrogens with zero attached hydrogens (tertiary/aromatic N) is 3. The number of hydrogen-bond donors (Lipinski definition) is 0. The molecule has 1 atom stereocenters. The van der Waals surface area contributed by atoms with Crippen LogP contribution in [0.25, 0.3) is 0 Å². The Balaban J connectivity index is 1.60. The van der Waals surface area contributed by atoms with E-state index in [4.69, 9.17) is 4.74 Å². The lowest BCUT2D eigenvalue weighted by molar-refractivity contribution is -0.385. The summed E-state index contributed by atoms with van der Waals surface area (Å²) in [7, 11) is 0. The highest BCUT2D eigenvalue weighted by Gasteiger charge is 2.29. The summed E-state index contributed by atoms with van der Waals surface area (Å²) in [6, 6.07) is 10.5. The van der Waals surface area contributed by atoms with Gasteiger partial charge in [-0.1, -0.05) is 24.3 Å². The lowest BCUT2D eigenvalue weighted by Crippen LogP contribution is -2.32. The summed E-state index contributed by atoms with van der Waals surface area (Å²) in [6.45, 7) is 0.830. The second-order valence-corrected chi connectivity index (χ2v) is 5.73. The van der Waals surface area contributed by atoms with Crippen LogP contribution in [0, 0.1) is 16.1 Å². The first-order chi connectivity index (χ1) is 12.0. The van der Waals surface area contributed by atoms with Crippen LogP contribution in [0.5, 0.6) is 5.88 Å². The number of benzene rings is 1. The fourth-order valence-electron chi connectivity index (χ4n) is 2.79. The number of rotatable bonds is 5. The summed E-state index contributed by atoms with van der Waals surface area (Å²) in [5.41, 5.74) is 0.320. The van der Waals surface area contributed by atoms with Crippen LogP contribution in [0.4, 0.5) is 10.1 Å². The van der Waals surface area contributed by atoms with E-state index in [-0.39, 0.29) is 30.0 Å². The highest BCUT2D eigenvalue weighted by molar-refractivity contribution is 5.80. The topological polar surface area (TPSA) is 85.6 Å². The molecule has 0 spiro atoms. The molecule has 7 nitrogen and oxygen atoms in total. The average molecular weight is 345 g/mol. The number of para-hydroxylation sites is 1. The molecule has 1 amide bonds. The minimum absolute atomic E-state index is 0.0396. The molecule has 1 aliphatic heterocycles. The van der Waals surface area contributed by atoms with E-state index in [9.17, 15) is 19.3 Å². The summed E-state index contributed by atoms with van der Waals surface area (Å²) in [5, 5.41) is 11.0. The number of nitro groups is 1. The minimum atomic E-state index is -0.625. The number of carbonyl (C=O) groups excluding carboxylic acids is 1. The average Bonchev–Trinajstić information content (AvgIpc) is 3.04. The highest BCUT2D eigenvalue weighted by Crippen LogP contribution is 2.21. The predicted octanol–water partition coefficient (Wildman–Crippen LogP) is 2.35. The van der Waals surface area contributed by atoms with Crippen LogP contribution in [0.1, 0.15) is 12.0 Å². The Morgan fingerprint density at radius 3 is 2.88 bits per heavy atom. The molecule has 25 heavy (non-hydrogen) atoms. The molecule has 8 heteroatoms. The van der Waals surface area contributed by atoms with E-state index in [0.29, 0.717) is 25.1 Å². The van der Waals surface area contributed by atoms with E-state index >= 15 is 0 Å². The van der Waals surface area contributed by atoms with Crippen LogP contribution in [0.15, 0.2) is 42.5 Å². The summed E-state index contributed by atoms with van der Waals surface area (Å²) in [6.07, 6.45) is 0.284. The number of nitro benzene ring substituents is 1. The van der Waals surface area contributed by atoms with Crippen molar-refractivity contribution < 1.29 is 18.8 Å². The van der Waals surface area contributed by atoms with E-state index in [1.165, 1.54) is 18.2 Å². The molecule has 1 saturated heterocycles. The number of ether oxygens (including phenoxy) is 1. The number of likely N-dealkylation sites (tertiary alicyclic amines) is 1. The van der Waals surface area contributed by atoms with Gasteiger partial charge < -0.3 is 9.64 Å². The van der Waals surface area contributed by atoms with Gasteiger partial charge >= 0.3 is 0 Å². The highest BCUT2D eigenvalue weighted by atomic mass is 19.1. The van der Waals surface area contributed by atoms with Crippen LogP contribution < -0.4 is 4.74 Å². The molecule has 1 aromatic carbocycles. The zero-order valence-corrected chi connectivity index (χ0v) is 13.3. The van der Waals surface area contributed by atoms with Crippen molar-refractivity contribution in [3.05, 3.63) is 64.1 Å². The van der Waals surface area contributed by atoms with Gasteiger partial charge in [0.1, 0.15) is 6.10 Å². The van der Waals surface area contributed by atoms with Crippen molar-refractivity contribution in [3.8, 4) is 5.88 Å². The molecular formula is C17H16FN3O4. The van der Waals surface area contributed by atoms with Crippen molar-refractivity contribution in [3.63, 3.8) is 0 Å². The van der Waals surface area contributed by atoms with Gasteiger partial charge in [0.15, 0.2) is 0 Å². The maximum Gasteiger partial charge on any atom is 0.273 e. The maximum absolute atomic E-state index is 13.1. The van der Waals surface area contributed by atoms with Gasteiger partial charge in [-0.05, 0) is 6.07 Å². The SMILES string of the molecule is O=C(Cc1ccccc1[N+](=O)[O-])N1CCC(Oc2cccc(F)n2)C1. The van der Waals surface area contributed by atoms with E-state index in [0.717, 1.165) is 0 Å². The first-order valence-corrected chi connectivity index (χ1v) is 7.82. The second kappa shape index (κ2) is 7.25. The maximum atomic E-state index is 13.1. The Labute approximate surface area is 143 Å². The van der Waals surface area contributed by atoms with E-state index < -0.39 is 10.9 Å². The third-order valence-electron chi connectivity index (χ3n) is 4.00. The smallest absolute Gasteiger partial charge is 0.273 e. The zero-order valence-electron chi connectivity index (χ0n) is 13.3. The fraction of sp³-hybridized carbons (Fsp3) is 0.294. The van der Waals surface area contributed by atoms with E-state index in [2.05, 4.69) is 4.98 Å². The van der Waals surface area contributed by atoms with Crippen molar-refractivity contribution in [1.82, 2.24) is 9.88 Å². The van der Waals surface area contributed by atoms with Gasteiger partial charge in [-0.2, -0.15) is 9.37 Å². The summed E-state index contributed by atoms with van der Waals surface area (Å²) in [4.78, 5) is 28.2. The van der Waals surface area contributed by atoms with Crippen LogP contribution >= 0.6 is 0 Å². The predicted molar refractivity (Wildman–Crippen MR) is 86.6 cm³/mol. The first-order valence-electron chi connectivity index (χ1n) is 7.82. The van der Waals surface area contributed by atoms with Crippen molar-refractivity contribution in [2.75, 3.05) is 13.1 Å². The Bertz CT molecular complexity index is 799. The number of aromatic nitrogens is 1. The Morgan fingerprint density at radius 2 is 2.12 bits per heavy atom. The fourth-order valence-corrected chi connectivity index (χ4v) is 2.79. The molecule has 1 aromatic heterocycles. The van der Waals surface area contributed by atoms with Gasteiger partial charge in [-0.25, -0.2) is 0 Å². The monoisotopic (exact) mass is 345 g/mol. The number of pyridine rings is 1. The van der Waals surface area contributed by atoms with Crippen molar-refractivity contribution >= 4 is 11.6 Å². The minimum Gasteiger partial charge on any atom is -0.472 e. The molecular weight excluding hydrogens is 329 g/mol. The third-order valence-corrected chi connectivity index (χ3v) is 4.00. The van der Waals surface area contributed by atoms with Crippen LogP contribution in [0.3, 0.4) is 0 Å². The number of halogens is 1. The molecule has 0 bridgehead atoms. The van der Waals surface area contributed by atoms with Gasteiger partial charge in [0.2, 0.25) is 17.7 Å². The Morgan fingerprint density at radius 1 is 1.32 bits per heavy atom.